The van der Waals surface area contributed by atoms with Crippen molar-refractivity contribution in [3.63, 3.8) is 0 Å². The third-order valence-electron chi connectivity index (χ3n) is 3.20. The van der Waals surface area contributed by atoms with Gasteiger partial charge in [0.15, 0.2) is 5.69 Å². The Bertz CT molecular complexity index is 702. The third-order valence-corrected chi connectivity index (χ3v) is 3.20. The van der Waals surface area contributed by atoms with Gasteiger partial charge in [-0.2, -0.15) is 0 Å². The highest BCUT2D eigenvalue weighted by Crippen LogP contribution is 2.23. The molecular formula is C15H18F3N5O2. The van der Waals surface area contributed by atoms with Crippen molar-refractivity contribution in [1.29, 1.82) is 0 Å². The number of nitrogens with two attached hydrogens (primary N) is 1. The molecule has 1 aromatic carbocycles. The zero-order valence-corrected chi connectivity index (χ0v) is 13.3. The monoisotopic (exact) mass is 357 g/mol. The van der Waals surface area contributed by atoms with Crippen LogP contribution in [0.4, 0.5) is 13.2 Å². The molecule has 1 aromatic heterocycles. The van der Waals surface area contributed by atoms with E-state index in [-0.39, 0.29) is 18.0 Å². The highest BCUT2D eigenvalue weighted by Gasteiger charge is 2.31. The average Bonchev–Trinajstić information content (AvgIpc) is 3.01. The number of hydrogen-bond acceptors (Lipinski definition) is 5. The van der Waals surface area contributed by atoms with Crippen LogP contribution in [0.1, 0.15) is 28.9 Å². The molecule has 10 heteroatoms. The number of hydrogen-bond donors (Lipinski definition) is 2. The molecule has 0 aliphatic carbocycles. The van der Waals surface area contributed by atoms with Gasteiger partial charge in [0.25, 0.3) is 5.91 Å². The van der Waals surface area contributed by atoms with Crippen molar-refractivity contribution in [3.05, 3.63) is 41.7 Å². The summed E-state index contributed by atoms with van der Waals surface area (Å²) in [6, 6.07) is 5.38. The number of amides is 1. The molecule has 25 heavy (non-hydrogen) atoms. The minimum absolute atomic E-state index is 0.0356. The zero-order chi connectivity index (χ0) is 18.3. The molecule has 0 bridgehead atoms. The first kappa shape index (κ1) is 18.7. The molecule has 0 unspecified atom stereocenters. The lowest BCUT2D eigenvalue weighted by Crippen LogP contribution is -2.23. The number of carbonyl (C=O) groups is 1. The molecule has 0 aliphatic heterocycles. The topological polar surface area (TPSA) is 95.1 Å². The summed E-state index contributed by atoms with van der Waals surface area (Å²) in [5, 5.41) is 10.2. The van der Waals surface area contributed by atoms with Crippen molar-refractivity contribution < 1.29 is 22.7 Å². The van der Waals surface area contributed by atoms with E-state index in [0.717, 1.165) is 12.8 Å². The van der Waals surface area contributed by atoms with Crippen LogP contribution in [-0.2, 0) is 13.1 Å². The molecule has 0 spiro atoms. The third kappa shape index (κ3) is 6.42. The van der Waals surface area contributed by atoms with Crippen molar-refractivity contribution in [2.75, 3.05) is 6.54 Å². The molecular weight excluding hydrogens is 339 g/mol. The Labute approximate surface area is 141 Å². The fourth-order valence-electron chi connectivity index (χ4n) is 2.06. The molecule has 7 nitrogen and oxygen atoms in total. The molecule has 2 aromatic rings. The second-order valence-electron chi connectivity index (χ2n) is 5.24. The van der Waals surface area contributed by atoms with Gasteiger partial charge in [-0.25, -0.2) is 0 Å². The SMILES string of the molecule is NCCCCn1cc(C(=O)NCc2cccc(OC(F)(F)F)c2)nn1. The van der Waals surface area contributed by atoms with Gasteiger partial charge in [0.1, 0.15) is 5.75 Å². The molecule has 0 saturated heterocycles. The maximum absolute atomic E-state index is 12.2. The Hall–Kier alpha value is -2.62. The van der Waals surface area contributed by atoms with Gasteiger partial charge in [-0.1, -0.05) is 17.3 Å². The molecule has 1 heterocycles. The molecule has 0 aliphatic rings. The number of rotatable bonds is 8. The average molecular weight is 357 g/mol. The molecule has 0 fully saturated rings. The normalized spacial score (nSPS) is 11.4. The van der Waals surface area contributed by atoms with Gasteiger partial charge in [-0.05, 0) is 37.1 Å². The van der Waals surface area contributed by atoms with Crippen LogP contribution in [0.5, 0.6) is 5.75 Å². The van der Waals surface area contributed by atoms with Crippen LogP contribution in [0.25, 0.3) is 0 Å². The quantitative estimate of drug-likeness (QED) is 0.703. The number of benzene rings is 1. The van der Waals surface area contributed by atoms with E-state index in [9.17, 15) is 18.0 Å². The summed E-state index contributed by atoms with van der Waals surface area (Å²) in [5.41, 5.74) is 6.00. The van der Waals surface area contributed by atoms with Crippen molar-refractivity contribution >= 4 is 5.91 Å². The lowest BCUT2D eigenvalue weighted by molar-refractivity contribution is -0.274. The van der Waals surface area contributed by atoms with Crippen LogP contribution in [0.2, 0.25) is 0 Å². The number of ether oxygens (including phenoxy) is 1. The first-order valence-electron chi connectivity index (χ1n) is 7.60. The first-order chi connectivity index (χ1) is 11.9. The summed E-state index contributed by atoms with van der Waals surface area (Å²) in [7, 11) is 0. The van der Waals surface area contributed by atoms with Crippen LogP contribution in [-0.4, -0.2) is 33.8 Å². The van der Waals surface area contributed by atoms with Crippen molar-refractivity contribution in [2.24, 2.45) is 5.73 Å². The predicted molar refractivity (Wildman–Crippen MR) is 82.6 cm³/mol. The first-order valence-corrected chi connectivity index (χ1v) is 7.60. The molecule has 1 amide bonds. The number of nitrogens with zero attached hydrogens (tertiary/aromatic N) is 3. The minimum atomic E-state index is -4.76. The van der Waals surface area contributed by atoms with Crippen molar-refractivity contribution in [3.8, 4) is 5.75 Å². The van der Waals surface area contributed by atoms with E-state index in [1.54, 1.807) is 10.7 Å². The second-order valence-corrected chi connectivity index (χ2v) is 5.24. The number of aryl methyl sites for hydroxylation is 1. The number of nitrogens with one attached hydrogen (secondary N) is 1. The zero-order valence-electron chi connectivity index (χ0n) is 13.3. The molecule has 136 valence electrons. The van der Waals surface area contributed by atoms with Crippen LogP contribution < -0.4 is 15.8 Å². The van der Waals surface area contributed by atoms with E-state index < -0.39 is 12.3 Å². The summed E-state index contributed by atoms with van der Waals surface area (Å²) < 4.78 is 42.0. The Morgan fingerprint density at radius 1 is 1.32 bits per heavy atom. The van der Waals surface area contributed by atoms with Gasteiger partial charge in [0.2, 0.25) is 0 Å². The summed E-state index contributed by atoms with van der Waals surface area (Å²) in [5.74, 6) is -0.808. The molecule has 0 saturated carbocycles. The number of unbranched alkanes of at least 4 members (excludes halogenated alkanes) is 1. The molecule has 3 N–H and O–H groups in total. The minimum Gasteiger partial charge on any atom is -0.406 e. The van der Waals surface area contributed by atoms with E-state index in [1.807, 2.05) is 0 Å². The van der Waals surface area contributed by atoms with Gasteiger partial charge >= 0.3 is 6.36 Å². The van der Waals surface area contributed by atoms with E-state index in [4.69, 9.17) is 5.73 Å². The van der Waals surface area contributed by atoms with E-state index >= 15 is 0 Å². The predicted octanol–water partition coefficient (Wildman–Crippen LogP) is 1.85. The summed E-state index contributed by atoms with van der Waals surface area (Å²) in [6.45, 7) is 1.22. The Morgan fingerprint density at radius 2 is 2.12 bits per heavy atom. The number of alkyl halides is 3. The van der Waals surface area contributed by atoms with Crippen LogP contribution in [0, 0.1) is 0 Å². The standard InChI is InChI=1S/C15H18F3N5O2/c16-15(17,18)25-12-5-3-4-11(8-12)9-20-14(24)13-10-23(22-21-13)7-2-1-6-19/h3-5,8,10H,1-2,6-7,9,19H2,(H,20,24). The second kappa shape index (κ2) is 8.47. The summed E-state index contributed by atoms with van der Waals surface area (Å²) in [4.78, 5) is 12.0. The van der Waals surface area contributed by atoms with E-state index in [0.29, 0.717) is 18.7 Å². The smallest absolute Gasteiger partial charge is 0.406 e. The van der Waals surface area contributed by atoms with Gasteiger partial charge in [0.05, 0.1) is 6.20 Å². The lowest BCUT2D eigenvalue weighted by atomic mass is 10.2. The maximum Gasteiger partial charge on any atom is 0.573 e. The van der Waals surface area contributed by atoms with Gasteiger partial charge in [-0.3, -0.25) is 9.48 Å². The molecule has 0 radical (unpaired) electrons. The van der Waals surface area contributed by atoms with Gasteiger partial charge in [-0.15, -0.1) is 18.3 Å². The van der Waals surface area contributed by atoms with E-state index in [1.165, 1.54) is 24.4 Å². The van der Waals surface area contributed by atoms with E-state index in [2.05, 4.69) is 20.4 Å². The Kier molecular flexibility index (Phi) is 6.34. The van der Waals surface area contributed by atoms with Gasteiger partial charge in [0, 0.05) is 13.1 Å². The number of halogens is 3. The Balaban J connectivity index is 1.88. The lowest BCUT2D eigenvalue weighted by Gasteiger charge is -2.10. The van der Waals surface area contributed by atoms with Crippen LogP contribution >= 0.6 is 0 Å². The van der Waals surface area contributed by atoms with Crippen LogP contribution in [0.3, 0.4) is 0 Å². The largest absolute Gasteiger partial charge is 0.573 e. The van der Waals surface area contributed by atoms with Crippen molar-refractivity contribution in [2.45, 2.75) is 32.3 Å². The molecule has 2 rings (SSSR count). The van der Waals surface area contributed by atoms with Crippen LogP contribution in [0.15, 0.2) is 30.5 Å². The highest BCUT2D eigenvalue weighted by atomic mass is 19.4. The highest BCUT2D eigenvalue weighted by molar-refractivity contribution is 5.91. The fraction of sp³-hybridized carbons (Fsp3) is 0.400. The van der Waals surface area contributed by atoms with Gasteiger partial charge < -0.3 is 15.8 Å². The summed E-state index contributed by atoms with van der Waals surface area (Å²) in [6.07, 6.45) is -1.58. The summed E-state index contributed by atoms with van der Waals surface area (Å²) >= 11 is 0. The number of aromatic nitrogens is 3. The van der Waals surface area contributed by atoms with Crippen molar-refractivity contribution in [1.82, 2.24) is 20.3 Å². The Morgan fingerprint density at radius 3 is 2.84 bits per heavy atom. The molecule has 0 atom stereocenters. The fourth-order valence-corrected chi connectivity index (χ4v) is 2.06. The maximum atomic E-state index is 12.2. The number of carbonyl (C=O) groups excluding carboxylic acids is 1.